The van der Waals surface area contributed by atoms with Gasteiger partial charge in [0.1, 0.15) is 5.82 Å². The molecular formula is C20H23N3O3. The molecule has 1 aliphatic rings. The standard InChI is InChI=1S/C20H23N3O3/c1-14-6-7-15(20(25)26)12-17(14)22-19(24)16-8-9-18(21-13-16)23-10-4-2-3-5-11-23/h6-9,12-13H,2-5,10-11H2,1H3,(H,22,24)(H,25,26). The number of aromatic carboxylic acids is 1. The Morgan fingerprint density at radius 3 is 2.35 bits per heavy atom. The highest BCUT2D eigenvalue weighted by atomic mass is 16.4. The van der Waals surface area contributed by atoms with Crippen LogP contribution in [0.4, 0.5) is 11.5 Å². The fraction of sp³-hybridized carbons (Fsp3) is 0.350. The Hall–Kier alpha value is -2.89. The molecule has 0 spiro atoms. The number of nitrogens with one attached hydrogen (secondary N) is 1. The maximum atomic E-state index is 12.5. The molecule has 2 heterocycles. The highest BCUT2D eigenvalue weighted by Gasteiger charge is 2.14. The Kier molecular flexibility index (Phi) is 5.51. The second-order valence-corrected chi connectivity index (χ2v) is 6.60. The molecule has 6 heteroatoms. The average Bonchev–Trinajstić information content (AvgIpc) is 2.93. The van der Waals surface area contributed by atoms with Gasteiger partial charge in [-0.25, -0.2) is 9.78 Å². The molecule has 0 radical (unpaired) electrons. The average molecular weight is 353 g/mol. The minimum absolute atomic E-state index is 0.139. The number of hydrogen-bond donors (Lipinski definition) is 2. The predicted octanol–water partition coefficient (Wildman–Crippen LogP) is 3.72. The van der Waals surface area contributed by atoms with Gasteiger partial charge in [0, 0.05) is 25.0 Å². The Balaban J connectivity index is 1.72. The molecule has 0 aliphatic carbocycles. The molecule has 0 saturated carbocycles. The van der Waals surface area contributed by atoms with Gasteiger partial charge in [0.05, 0.1) is 11.1 Å². The van der Waals surface area contributed by atoms with Crippen molar-refractivity contribution in [1.29, 1.82) is 0 Å². The maximum absolute atomic E-state index is 12.5. The number of nitrogens with zero attached hydrogens (tertiary/aromatic N) is 2. The van der Waals surface area contributed by atoms with Crippen LogP contribution in [0.25, 0.3) is 0 Å². The minimum atomic E-state index is -1.02. The Morgan fingerprint density at radius 1 is 1.04 bits per heavy atom. The van der Waals surface area contributed by atoms with Gasteiger partial charge in [-0.15, -0.1) is 0 Å². The molecular weight excluding hydrogens is 330 g/mol. The third-order valence-electron chi connectivity index (χ3n) is 4.67. The van der Waals surface area contributed by atoms with E-state index < -0.39 is 5.97 Å². The molecule has 136 valence electrons. The second kappa shape index (κ2) is 7.99. The molecule has 1 aromatic carbocycles. The summed E-state index contributed by atoms with van der Waals surface area (Å²) in [4.78, 5) is 30.3. The van der Waals surface area contributed by atoms with E-state index in [4.69, 9.17) is 5.11 Å². The third-order valence-corrected chi connectivity index (χ3v) is 4.67. The van der Waals surface area contributed by atoms with Crippen LogP contribution >= 0.6 is 0 Å². The molecule has 1 saturated heterocycles. The van der Waals surface area contributed by atoms with E-state index in [-0.39, 0.29) is 11.5 Å². The maximum Gasteiger partial charge on any atom is 0.335 e. The van der Waals surface area contributed by atoms with Gasteiger partial charge in [0.15, 0.2) is 0 Å². The van der Waals surface area contributed by atoms with Crippen molar-refractivity contribution in [2.75, 3.05) is 23.3 Å². The van der Waals surface area contributed by atoms with Gasteiger partial charge in [-0.3, -0.25) is 4.79 Å². The quantitative estimate of drug-likeness (QED) is 0.875. The van der Waals surface area contributed by atoms with E-state index in [1.807, 2.05) is 13.0 Å². The number of carbonyl (C=O) groups is 2. The number of carboxylic acid groups (broad SMARTS) is 1. The minimum Gasteiger partial charge on any atom is -0.478 e. The van der Waals surface area contributed by atoms with E-state index in [0.717, 1.165) is 24.5 Å². The molecule has 0 bridgehead atoms. The summed E-state index contributed by atoms with van der Waals surface area (Å²) < 4.78 is 0. The number of pyridine rings is 1. The molecule has 1 amide bonds. The number of carbonyl (C=O) groups excluding carboxylic acids is 1. The first-order chi connectivity index (χ1) is 12.5. The van der Waals surface area contributed by atoms with Gasteiger partial charge < -0.3 is 15.3 Å². The topological polar surface area (TPSA) is 82.5 Å². The van der Waals surface area contributed by atoms with Crippen LogP contribution in [-0.2, 0) is 0 Å². The van der Waals surface area contributed by atoms with Crippen LogP contribution in [0.15, 0.2) is 36.5 Å². The Bertz CT molecular complexity index is 794. The molecule has 2 aromatic rings. The number of carboxylic acids is 1. The number of hydrogen-bond acceptors (Lipinski definition) is 4. The van der Waals surface area contributed by atoms with Crippen LogP contribution < -0.4 is 10.2 Å². The summed E-state index contributed by atoms with van der Waals surface area (Å²) >= 11 is 0. The fourth-order valence-corrected chi connectivity index (χ4v) is 3.09. The van der Waals surface area contributed by atoms with Crippen molar-refractivity contribution in [3.8, 4) is 0 Å². The van der Waals surface area contributed by atoms with Gasteiger partial charge in [-0.05, 0) is 49.6 Å². The number of anilines is 2. The monoisotopic (exact) mass is 353 g/mol. The van der Waals surface area contributed by atoms with Crippen molar-refractivity contribution in [2.45, 2.75) is 32.6 Å². The van der Waals surface area contributed by atoms with Crippen molar-refractivity contribution >= 4 is 23.4 Å². The van der Waals surface area contributed by atoms with Crippen LogP contribution in [0, 0.1) is 6.92 Å². The summed E-state index contributed by atoms with van der Waals surface area (Å²) in [5.41, 5.74) is 1.88. The molecule has 26 heavy (non-hydrogen) atoms. The fourth-order valence-electron chi connectivity index (χ4n) is 3.09. The van der Waals surface area contributed by atoms with Crippen LogP contribution in [0.2, 0.25) is 0 Å². The summed E-state index contributed by atoms with van der Waals surface area (Å²) in [6, 6.07) is 8.30. The predicted molar refractivity (Wildman–Crippen MR) is 101 cm³/mol. The van der Waals surface area contributed by atoms with E-state index in [1.165, 1.54) is 37.8 Å². The lowest BCUT2D eigenvalue weighted by Crippen LogP contribution is -2.25. The molecule has 0 unspecified atom stereocenters. The lowest BCUT2D eigenvalue weighted by molar-refractivity contribution is 0.0696. The first-order valence-corrected chi connectivity index (χ1v) is 8.91. The van der Waals surface area contributed by atoms with Gasteiger partial charge >= 0.3 is 5.97 Å². The number of amides is 1. The highest BCUT2D eigenvalue weighted by Crippen LogP contribution is 2.20. The van der Waals surface area contributed by atoms with Crippen LogP contribution in [0.3, 0.4) is 0 Å². The zero-order chi connectivity index (χ0) is 18.5. The van der Waals surface area contributed by atoms with Crippen molar-refractivity contribution in [3.05, 3.63) is 53.2 Å². The molecule has 1 aromatic heterocycles. The number of rotatable bonds is 4. The molecule has 0 atom stereocenters. The van der Waals surface area contributed by atoms with Crippen molar-refractivity contribution in [1.82, 2.24) is 4.98 Å². The normalized spacial score (nSPS) is 14.6. The van der Waals surface area contributed by atoms with Gasteiger partial charge in [-0.1, -0.05) is 18.9 Å². The molecule has 1 fully saturated rings. The molecule has 3 rings (SSSR count). The first kappa shape index (κ1) is 17.9. The summed E-state index contributed by atoms with van der Waals surface area (Å²) in [6.07, 6.45) is 6.43. The van der Waals surface area contributed by atoms with E-state index >= 15 is 0 Å². The first-order valence-electron chi connectivity index (χ1n) is 8.91. The van der Waals surface area contributed by atoms with Crippen molar-refractivity contribution in [2.24, 2.45) is 0 Å². The highest BCUT2D eigenvalue weighted by molar-refractivity contribution is 6.05. The summed E-state index contributed by atoms with van der Waals surface area (Å²) in [5.74, 6) is -0.429. The van der Waals surface area contributed by atoms with E-state index in [1.54, 1.807) is 18.3 Å². The second-order valence-electron chi connectivity index (χ2n) is 6.60. The van der Waals surface area contributed by atoms with Crippen molar-refractivity contribution in [3.63, 3.8) is 0 Å². The SMILES string of the molecule is Cc1ccc(C(=O)O)cc1NC(=O)c1ccc(N2CCCCCC2)nc1. The van der Waals surface area contributed by atoms with Gasteiger partial charge in [-0.2, -0.15) is 0 Å². The van der Waals surface area contributed by atoms with Crippen LogP contribution in [0.5, 0.6) is 0 Å². The van der Waals surface area contributed by atoms with E-state index in [9.17, 15) is 9.59 Å². The summed E-state index contributed by atoms with van der Waals surface area (Å²) in [5, 5.41) is 11.9. The number of benzene rings is 1. The zero-order valence-electron chi connectivity index (χ0n) is 14.9. The lowest BCUT2D eigenvalue weighted by atomic mass is 10.1. The van der Waals surface area contributed by atoms with E-state index in [0.29, 0.717) is 11.3 Å². The summed E-state index contributed by atoms with van der Waals surface area (Å²) in [7, 11) is 0. The Morgan fingerprint density at radius 2 is 1.73 bits per heavy atom. The molecule has 2 N–H and O–H groups in total. The zero-order valence-corrected chi connectivity index (χ0v) is 14.9. The van der Waals surface area contributed by atoms with Crippen LogP contribution in [-0.4, -0.2) is 35.1 Å². The lowest BCUT2D eigenvalue weighted by Gasteiger charge is -2.21. The van der Waals surface area contributed by atoms with Crippen LogP contribution in [0.1, 0.15) is 52.0 Å². The van der Waals surface area contributed by atoms with Gasteiger partial charge in [0.2, 0.25) is 0 Å². The Labute approximate surface area is 152 Å². The molecule has 6 nitrogen and oxygen atoms in total. The third kappa shape index (κ3) is 4.20. The van der Waals surface area contributed by atoms with Crippen molar-refractivity contribution < 1.29 is 14.7 Å². The molecule has 1 aliphatic heterocycles. The number of aryl methyl sites for hydroxylation is 1. The smallest absolute Gasteiger partial charge is 0.335 e. The summed E-state index contributed by atoms with van der Waals surface area (Å²) in [6.45, 7) is 3.82. The largest absolute Gasteiger partial charge is 0.478 e. The van der Waals surface area contributed by atoms with Gasteiger partial charge in [0.25, 0.3) is 5.91 Å². The number of aromatic nitrogens is 1. The van der Waals surface area contributed by atoms with E-state index in [2.05, 4.69) is 15.2 Å².